The molecule has 2 aromatic carbocycles. The molecule has 0 unspecified atom stereocenters. The van der Waals surface area contributed by atoms with E-state index in [1.54, 1.807) is 29.1 Å². The lowest BCUT2D eigenvalue weighted by Gasteiger charge is -2.10. The molecule has 0 aliphatic heterocycles. The van der Waals surface area contributed by atoms with Crippen LogP contribution in [0.3, 0.4) is 0 Å². The summed E-state index contributed by atoms with van der Waals surface area (Å²) >= 11 is 0. The fourth-order valence-corrected chi connectivity index (χ4v) is 2.39. The van der Waals surface area contributed by atoms with E-state index >= 15 is 0 Å². The Morgan fingerprint density at radius 2 is 1.88 bits per heavy atom. The first-order chi connectivity index (χ1) is 11.5. The number of benzene rings is 2. The summed E-state index contributed by atoms with van der Waals surface area (Å²) in [5.41, 5.74) is 2.85. The molecule has 3 aromatic rings. The zero-order valence-electron chi connectivity index (χ0n) is 13.5. The summed E-state index contributed by atoms with van der Waals surface area (Å²) in [6.45, 7) is 3.97. The molecule has 122 valence electrons. The van der Waals surface area contributed by atoms with E-state index < -0.39 is 5.97 Å². The summed E-state index contributed by atoms with van der Waals surface area (Å²) in [6, 6.07) is 14.5. The first kappa shape index (κ1) is 15.8. The van der Waals surface area contributed by atoms with Crippen LogP contribution in [0, 0.1) is 0 Å². The largest absolute Gasteiger partial charge is 0.491 e. The van der Waals surface area contributed by atoms with Gasteiger partial charge in [-0.1, -0.05) is 12.1 Å². The SMILES string of the molecule is CC(C)Oc1ccc(-n2cc(-c3cccc(C(=O)O)c3)cn2)cc1. The Hall–Kier alpha value is -3.08. The van der Waals surface area contributed by atoms with Crippen molar-refractivity contribution >= 4 is 5.97 Å². The van der Waals surface area contributed by atoms with Crippen LogP contribution >= 0.6 is 0 Å². The Morgan fingerprint density at radius 1 is 1.12 bits per heavy atom. The van der Waals surface area contributed by atoms with Gasteiger partial charge in [0.15, 0.2) is 0 Å². The number of aromatic nitrogens is 2. The van der Waals surface area contributed by atoms with Gasteiger partial charge in [0.05, 0.1) is 23.6 Å². The average Bonchev–Trinajstić information content (AvgIpc) is 3.05. The minimum absolute atomic E-state index is 0.133. The minimum Gasteiger partial charge on any atom is -0.491 e. The summed E-state index contributed by atoms with van der Waals surface area (Å²) in [4.78, 5) is 11.1. The molecule has 1 aromatic heterocycles. The summed E-state index contributed by atoms with van der Waals surface area (Å²) in [7, 11) is 0. The third kappa shape index (κ3) is 3.46. The van der Waals surface area contributed by atoms with Crippen LogP contribution in [-0.2, 0) is 0 Å². The number of carbonyl (C=O) groups is 1. The number of hydrogen-bond acceptors (Lipinski definition) is 3. The van der Waals surface area contributed by atoms with E-state index in [0.29, 0.717) is 0 Å². The van der Waals surface area contributed by atoms with Crippen molar-refractivity contribution in [2.75, 3.05) is 0 Å². The van der Waals surface area contributed by atoms with Crippen LogP contribution in [0.4, 0.5) is 0 Å². The molecule has 0 fully saturated rings. The van der Waals surface area contributed by atoms with E-state index in [-0.39, 0.29) is 11.7 Å². The zero-order valence-corrected chi connectivity index (χ0v) is 13.5. The normalized spacial score (nSPS) is 10.8. The van der Waals surface area contributed by atoms with Crippen LogP contribution in [0.5, 0.6) is 5.75 Å². The highest BCUT2D eigenvalue weighted by Crippen LogP contribution is 2.22. The van der Waals surface area contributed by atoms with Crippen LogP contribution in [0.2, 0.25) is 0 Å². The van der Waals surface area contributed by atoms with Gasteiger partial charge >= 0.3 is 5.97 Å². The Kier molecular flexibility index (Phi) is 4.33. The molecular weight excluding hydrogens is 304 g/mol. The maximum Gasteiger partial charge on any atom is 0.335 e. The Morgan fingerprint density at radius 3 is 2.54 bits per heavy atom. The highest BCUT2D eigenvalue weighted by molar-refractivity contribution is 5.89. The lowest BCUT2D eigenvalue weighted by Crippen LogP contribution is -2.05. The minimum atomic E-state index is -0.940. The number of aromatic carboxylic acids is 1. The molecule has 0 spiro atoms. The molecule has 1 heterocycles. The van der Waals surface area contributed by atoms with Crippen molar-refractivity contribution in [1.29, 1.82) is 0 Å². The highest BCUT2D eigenvalue weighted by Gasteiger charge is 2.08. The molecule has 0 saturated heterocycles. The first-order valence-corrected chi connectivity index (χ1v) is 7.68. The lowest BCUT2D eigenvalue weighted by molar-refractivity contribution is 0.0697. The summed E-state index contributed by atoms with van der Waals surface area (Å²) in [6.07, 6.45) is 3.73. The highest BCUT2D eigenvalue weighted by atomic mass is 16.5. The van der Waals surface area contributed by atoms with E-state index in [0.717, 1.165) is 22.6 Å². The average molecular weight is 322 g/mol. The number of rotatable bonds is 5. The van der Waals surface area contributed by atoms with Gasteiger partial charge in [0, 0.05) is 11.8 Å². The number of carboxylic acids is 1. The number of hydrogen-bond donors (Lipinski definition) is 1. The topological polar surface area (TPSA) is 64.3 Å². The molecule has 5 heteroatoms. The van der Waals surface area contributed by atoms with Crippen molar-refractivity contribution in [3.05, 3.63) is 66.5 Å². The molecule has 0 bridgehead atoms. The monoisotopic (exact) mass is 322 g/mol. The van der Waals surface area contributed by atoms with E-state index in [4.69, 9.17) is 9.84 Å². The number of ether oxygens (including phenoxy) is 1. The molecule has 0 aliphatic carbocycles. The first-order valence-electron chi connectivity index (χ1n) is 7.68. The molecule has 3 rings (SSSR count). The third-order valence-electron chi connectivity index (χ3n) is 3.50. The molecule has 24 heavy (non-hydrogen) atoms. The van der Waals surface area contributed by atoms with E-state index in [1.165, 1.54) is 0 Å². The molecule has 0 saturated carbocycles. The smallest absolute Gasteiger partial charge is 0.335 e. The standard InChI is InChI=1S/C19H18N2O3/c1-13(2)24-18-8-6-17(7-9-18)21-12-16(11-20-21)14-4-3-5-15(10-14)19(22)23/h3-13H,1-2H3,(H,22,23). The van der Waals surface area contributed by atoms with Gasteiger partial charge in [-0.2, -0.15) is 5.10 Å². The second-order valence-electron chi connectivity index (χ2n) is 5.72. The van der Waals surface area contributed by atoms with Crippen molar-refractivity contribution < 1.29 is 14.6 Å². The third-order valence-corrected chi connectivity index (χ3v) is 3.50. The Balaban J connectivity index is 1.85. The van der Waals surface area contributed by atoms with Gasteiger partial charge in [-0.3, -0.25) is 0 Å². The van der Waals surface area contributed by atoms with E-state index in [1.807, 2.05) is 50.4 Å². The number of carboxylic acid groups (broad SMARTS) is 1. The van der Waals surface area contributed by atoms with Gasteiger partial charge in [0.1, 0.15) is 5.75 Å². The quantitative estimate of drug-likeness (QED) is 0.770. The van der Waals surface area contributed by atoms with Gasteiger partial charge < -0.3 is 9.84 Å². The Labute approximate surface area is 140 Å². The molecule has 0 amide bonds. The predicted molar refractivity (Wildman–Crippen MR) is 91.7 cm³/mol. The van der Waals surface area contributed by atoms with Crippen LogP contribution in [0.25, 0.3) is 16.8 Å². The summed E-state index contributed by atoms with van der Waals surface area (Å²) in [5, 5.41) is 13.5. The van der Waals surface area contributed by atoms with Gasteiger partial charge in [0.2, 0.25) is 0 Å². The molecule has 1 N–H and O–H groups in total. The van der Waals surface area contributed by atoms with Crippen LogP contribution in [-0.4, -0.2) is 27.0 Å². The predicted octanol–water partition coefficient (Wildman–Crippen LogP) is 4.02. The maximum absolute atomic E-state index is 11.1. The van der Waals surface area contributed by atoms with Crippen molar-refractivity contribution in [3.63, 3.8) is 0 Å². The second-order valence-corrected chi connectivity index (χ2v) is 5.72. The summed E-state index contributed by atoms with van der Waals surface area (Å²) in [5.74, 6) is -0.125. The van der Waals surface area contributed by atoms with Crippen molar-refractivity contribution in [1.82, 2.24) is 9.78 Å². The van der Waals surface area contributed by atoms with Gasteiger partial charge in [-0.15, -0.1) is 0 Å². The van der Waals surface area contributed by atoms with Gasteiger partial charge in [-0.25, -0.2) is 9.48 Å². The lowest BCUT2D eigenvalue weighted by atomic mass is 10.1. The van der Waals surface area contributed by atoms with Crippen molar-refractivity contribution in [2.45, 2.75) is 20.0 Å². The molecule has 0 atom stereocenters. The van der Waals surface area contributed by atoms with Crippen LogP contribution in [0.15, 0.2) is 60.9 Å². The van der Waals surface area contributed by atoms with Gasteiger partial charge in [-0.05, 0) is 55.8 Å². The fraction of sp³-hybridized carbons (Fsp3) is 0.158. The summed E-state index contributed by atoms with van der Waals surface area (Å²) < 4.78 is 7.38. The molecular formula is C19H18N2O3. The van der Waals surface area contributed by atoms with Crippen molar-refractivity contribution in [2.24, 2.45) is 0 Å². The zero-order chi connectivity index (χ0) is 17.1. The van der Waals surface area contributed by atoms with Gasteiger partial charge in [0.25, 0.3) is 0 Å². The Bertz CT molecular complexity index is 851. The fourth-order valence-electron chi connectivity index (χ4n) is 2.39. The molecule has 0 radical (unpaired) electrons. The van der Waals surface area contributed by atoms with Crippen LogP contribution in [0.1, 0.15) is 24.2 Å². The van der Waals surface area contributed by atoms with Crippen LogP contribution < -0.4 is 4.74 Å². The second kappa shape index (κ2) is 6.58. The molecule has 0 aliphatic rings. The molecule has 5 nitrogen and oxygen atoms in total. The van der Waals surface area contributed by atoms with E-state index in [9.17, 15) is 4.79 Å². The van der Waals surface area contributed by atoms with Crippen molar-refractivity contribution in [3.8, 4) is 22.6 Å². The van der Waals surface area contributed by atoms with E-state index in [2.05, 4.69) is 5.10 Å². The number of nitrogens with zero attached hydrogens (tertiary/aromatic N) is 2. The maximum atomic E-state index is 11.1.